The molecule has 6 heteroatoms. The smallest absolute Gasteiger partial charge is 0.216 e. The number of halogens is 1. The minimum absolute atomic E-state index is 0.0547. The van der Waals surface area contributed by atoms with Gasteiger partial charge in [-0.05, 0) is 38.0 Å². The summed E-state index contributed by atoms with van der Waals surface area (Å²) < 4.78 is 5.41. The van der Waals surface area contributed by atoms with E-state index in [2.05, 4.69) is 9.97 Å². The van der Waals surface area contributed by atoms with Crippen LogP contribution in [0.15, 0.2) is 18.3 Å². The molecule has 0 aliphatic carbocycles. The van der Waals surface area contributed by atoms with Gasteiger partial charge in [-0.2, -0.15) is 0 Å². The number of rotatable bonds is 6. The first-order valence-electron chi connectivity index (χ1n) is 6.94. The number of Topliss-reactive ketones (excluding diaryl/α,β-unsaturated/α-hetero) is 2. The SMILES string of the molecule is CCc1c(C(=O)COc2cccnc2Cl)[nH]c(C)c1C(C)=O. The molecule has 0 unspecified atom stereocenters. The van der Waals surface area contributed by atoms with Crippen molar-refractivity contribution < 1.29 is 14.3 Å². The number of aromatic nitrogens is 2. The van der Waals surface area contributed by atoms with E-state index in [1.807, 2.05) is 6.92 Å². The van der Waals surface area contributed by atoms with Crippen molar-refractivity contribution in [1.29, 1.82) is 0 Å². The van der Waals surface area contributed by atoms with Crippen LogP contribution >= 0.6 is 11.6 Å². The van der Waals surface area contributed by atoms with Crippen molar-refractivity contribution in [3.05, 3.63) is 46.0 Å². The molecule has 1 N–H and O–H groups in total. The second-order valence-corrected chi connectivity index (χ2v) is 5.25. The highest BCUT2D eigenvalue weighted by atomic mass is 35.5. The van der Waals surface area contributed by atoms with Crippen LogP contribution in [0.3, 0.4) is 0 Å². The molecule has 2 aromatic heterocycles. The summed E-state index contributed by atoms with van der Waals surface area (Å²) in [4.78, 5) is 31.0. The molecule has 0 saturated heterocycles. The molecular weight excluding hydrogens is 304 g/mol. The van der Waals surface area contributed by atoms with Crippen LogP contribution in [0, 0.1) is 6.92 Å². The van der Waals surface area contributed by atoms with Crippen LogP contribution in [0.4, 0.5) is 0 Å². The van der Waals surface area contributed by atoms with Gasteiger partial charge in [-0.1, -0.05) is 18.5 Å². The summed E-state index contributed by atoms with van der Waals surface area (Å²) in [5.74, 6) is 0.0684. The first-order valence-corrected chi connectivity index (χ1v) is 7.32. The number of hydrogen-bond acceptors (Lipinski definition) is 4. The van der Waals surface area contributed by atoms with Crippen molar-refractivity contribution in [1.82, 2.24) is 9.97 Å². The maximum absolute atomic E-state index is 12.4. The Morgan fingerprint density at radius 1 is 1.41 bits per heavy atom. The molecule has 0 saturated carbocycles. The van der Waals surface area contributed by atoms with Crippen molar-refractivity contribution in [3.8, 4) is 5.75 Å². The molecule has 116 valence electrons. The largest absolute Gasteiger partial charge is 0.482 e. The topological polar surface area (TPSA) is 72.0 Å². The molecule has 2 heterocycles. The third-order valence-corrected chi connectivity index (χ3v) is 3.64. The van der Waals surface area contributed by atoms with Gasteiger partial charge in [-0.15, -0.1) is 0 Å². The van der Waals surface area contributed by atoms with Gasteiger partial charge in [0, 0.05) is 17.5 Å². The third-order valence-electron chi connectivity index (χ3n) is 3.36. The van der Waals surface area contributed by atoms with Crippen LogP contribution < -0.4 is 4.74 Å². The summed E-state index contributed by atoms with van der Waals surface area (Å²) in [6.45, 7) is 5.02. The maximum Gasteiger partial charge on any atom is 0.216 e. The van der Waals surface area contributed by atoms with Gasteiger partial charge < -0.3 is 9.72 Å². The predicted molar refractivity (Wildman–Crippen MR) is 84.0 cm³/mol. The van der Waals surface area contributed by atoms with E-state index in [0.717, 1.165) is 5.56 Å². The van der Waals surface area contributed by atoms with E-state index < -0.39 is 0 Å². The van der Waals surface area contributed by atoms with Crippen molar-refractivity contribution >= 4 is 23.2 Å². The zero-order valence-corrected chi connectivity index (χ0v) is 13.5. The van der Waals surface area contributed by atoms with Crippen LogP contribution in [-0.4, -0.2) is 28.1 Å². The Hall–Kier alpha value is -2.14. The van der Waals surface area contributed by atoms with Crippen LogP contribution in [0.5, 0.6) is 5.75 Å². The monoisotopic (exact) mass is 320 g/mol. The number of H-pyrrole nitrogens is 1. The average molecular weight is 321 g/mol. The summed E-state index contributed by atoms with van der Waals surface area (Å²) in [6.07, 6.45) is 2.13. The number of ketones is 2. The predicted octanol–water partition coefficient (Wildman–Crippen LogP) is 3.40. The van der Waals surface area contributed by atoms with Crippen LogP contribution in [-0.2, 0) is 6.42 Å². The molecule has 0 radical (unpaired) electrons. The maximum atomic E-state index is 12.4. The van der Waals surface area contributed by atoms with Crippen molar-refractivity contribution in [2.75, 3.05) is 6.61 Å². The summed E-state index contributed by atoms with van der Waals surface area (Å²) in [7, 11) is 0. The van der Waals surface area contributed by atoms with Gasteiger partial charge in [0.25, 0.3) is 0 Å². The molecule has 2 aromatic rings. The molecular formula is C16H17ClN2O3. The number of aryl methyl sites for hydroxylation is 1. The summed E-state index contributed by atoms with van der Waals surface area (Å²) in [5.41, 5.74) is 2.44. The molecule has 0 atom stereocenters. The summed E-state index contributed by atoms with van der Waals surface area (Å²) in [6, 6.07) is 3.32. The zero-order valence-electron chi connectivity index (χ0n) is 12.7. The van der Waals surface area contributed by atoms with Gasteiger partial charge in [-0.3, -0.25) is 9.59 Å². The Bertz CT molecular complexity index is 722. The molecule has 0 aromatic carbocycles. The Morgan fingerprint density at radius 2 is 2.14 bits per heavy atom. The highest BCUT2D eigenvalue weighted by Gasteiger charge is 2.22. The first kappa shape index (κ1) is 16.2. The molecule has 2 rings (SSSR count). The van der Waals surface area contributed by atoms with E-state index in [9.17, 15) is 9.59 Å². The fourth-order valence-electron chi connectivity index (χ4n) is 2.44. The van der Waals surface area contributed by atoms with Crippen LogP contribution in [0.2, 0.25) is 5.15 Å². The van der Waals surface area contributed by atoms with Gasteiger partial charge >= 0.3 is 0 Å². The Morgan fingerprint density at radius 3 is 2.73 bits per heavy atom. The van der Waals surface area contributed by atoms with Gasteiger partial charge in [0.1, 0.15) is 0 Å². The first-order chi connectivity index (χ1) is 10.5. The molecule has 0 aliphatic heterocycles. The number of hydrogen-bond donors (Lipinski definition) is 1. The van der Waals surface area contributed by atoms with Crippen molar-refractivity contribution in [2.24, 2.45) is 0 Å². The van der Waals surface area contributed by atoms with Gasteiger partial charge in [0.2, 0.25) is 5.78 Å². The van der Waals surface area contributed by atoms with E-state index in [4.69, 9.17) is 16.3 Å². The molecule has 0 fully saturated rings. The Kier molecular flexibility index (Phi) is 4.98. The van der Waals surface area contributed by atoms with E-state index in [0.29, 0.717) is 29.1 Å². The molecule has 0 bridgehead atoms. The van der Waals surface area contributed by atoms with E-state index >= 15 is 0 Å². The third kappa shape index (κ3) is 3.20. The number of ether oxygens (including phenoxy) is 1. The van der Waals surface area contributed by atoms with Crippen LogP contribution in [0.25, 0.3) is 0 Å². The summed E-state index contributed by atoms with van der Waals surface area (Å²) >= 11 is 5.88. The Balaban J connectivity index is 2.22. The standard InChI is InChI=1S/C16H17ClN2O3/c1-4-11-14(10(3)20)9(2)19-15(11)12(21)8-22-13-6-5-7-18-16(13)17/h5-7,19H,4,8H2,1-3H3. The molecule has 0 amide bonds. The molecule has 0 spiro atoms. The second kappa shape index (κ2) is 6.75. The van der Waals surface area contributed by atoms with Crippen molar-refractivity contribution in [2.45, 2.75) is 27.2 Å². The number of carbonyl (C=O) groups is 2. The summed E-state index contributed by atoms with van der Waals surface area (Å²) in [5, 5.41) is 0.207. The lowest BCUT2D eigenvalue weighted by Gasteiger charge is -2.07. The normalized spacial score (nSPS) is 10.5. The van der Waals surface area contributed by atoms with Gasteiger partial charge in [0.15, 0.2) is 23.3 Å². The second-order valence-electron chi connectivity index (χ2n) is 4.89. The number of nitrogens with zero attached hydrogens (tertiary/aromatic N) is 1. The lowest BCUT2D eigenvalue weighted by atomic mass is 10.0. The fourth-order valence-corrected chi connectivity index (χ4v) is 2.61. The highest BCUT2D eigenvalue weighted by molar-refractivity contribution is 6.30. The van der Waals surface area contributed by atoms with E-state index in [1.54, 1.807) is 25.3 Å². The van der Waals surface area contributed by atoms with E-state index in [-0.39, 0.29) is 23.3 Å². The lowest BCUT2D eigenvalue weighted by molar-refractivity contribution is 0.0916. The Labute approximate surface area is 133 Å². The van der Waals surface area contributed by atoms with Gasteiger partial charge in [0.05, 0.1) is 5.69 Å². The number of aromatic amines is 1. The van der Waals surface area contributed by atoms with Gasteiger partial charge in [-0.25, -0.2) is 4.98 Å². The lowest BCUT2D eigenvalue weighted by Crippen LogP contribution is -2.14. The minimum atomic E-state index is -0.229. The quantitative estimate of drug-likeness (QED) is 0.654. The van der Waals surface area contributed by atoms with Crippen LogP contribution in [0.1, 0.15) is 46.0 Å². The zero-order chi connectivity index (χ0) is 16.3. The fraction of sp³-hybridized carbons (Fsp3) is 0.312. The highest BCUT2D eigenvalue weighted by Crippen LogP contribution is 2.23. The van der Waals surface area contributed by atoms with E-state index in [1.165, 1.54) is 6.92 Å². The molecule has 0 aliphatic rings. The molecule has 5 nitrogen and oxygen atoms in total. The average Bonchev–Trinajstić information content (AvgIpc) is 2.83. The molecule has 22 heavy (non-hydrogen) atoms. The number of pyridine rings is 1. The number of carbonyl (C=O) groups excluding carboxylic acids is 2. The van der Waals surface area contributed by atoms with Crippen molar-refractivity contribution in [3.63, 3.8) is 0 Å². The minimum Gasteiger partial charge on any atom is -0.482 e. The number of nitrogens with one attached hydrogen (secondary N) is 1.